The van der Waals surface area contributed by atoms with Crippen molar-refractivity contribution in [2.75, 3.05) is 13.7 Å². The van der Waals surface area contributed by atoms with E-state index in [-0.39, 0.29) is 36.6 Å². The van der Waals surface area contributed by atoms with Gasteiger partial charge in [0.2, 0.25) is 0 Å². The highest BCUT2D eigenvalue weighted by molar-refractivity contribution is 6.06. The van der Waals surface area contributed by atoms with Crippen molar-refractivity contribution in [3.05, 3.63) is 23.7 Å². The van der Waals surface area contributed by atoms with Gasteiger partial charge in [-0.25, -0.2) is 4.99 Å². The zero-order valence-electron chi connectivity index (χ0n) is 15.8. The zero-order valence-corrected chi connectivity index (χ0v) is 15.8. The Morgan fingerprint density at radius 1 is 1.36 bits per heavy atom. The molecule has 156 valence electrons. The lowest BCUT2D eigenvalue weighted by atomic mass is 9.79. The molecule has 0 bridgehead atoms. The Hall–Kier alpha value is -2.19. The second kappa shape index (κ2) is 7.67. The van der Waals surface area contributed by atoms with Crippen molar-refractivity contribution in [2.45, 2.75) is 56.7 Å². The van der Waals surface area contributed by atoms with Crippen molar-refractivity contribution in [2.24, 2.45) is 22.6 Å². The Morgan fingerprint density at radius 2 is 2.04 bits per heavy atom. The minimum absolute atomic E-state index is 0.0648. The van der Waals surface area contributed by atoms with Gasteiger partial charge in [-0.15, -0.1) is 0 Å². The highest BCUT2D eigenvalue weighted by Crippen LogP contribution is 2.39. The molecule has 1 aliphatic heterocycles. The number of alkyl halides is 3. The van der Waals surface area contributed by atoms with Crippen LogP contribution in [0.2, 0.25) is 0 Å². The maximum absolute atomic E-state index is 13.1. The van der Waals surface area contributed by atoms with Gasteiger partial charge in [-0.2, -0.15) is 13.2 Å². The van der Waals surface area contributed by atoms with E-state index in [1.54, 1.807) is 0 Å². The summed E-state index contributed by atoms with van der Waals surface area (Å²) in [6.45, 7) is -0.262. The number of ether oxygens (including phenoxy) is 1. The minimum atomic E-state index is -4.57. The van der Waals surface area contributed by atoms with Gasteiger partial charge < -0.3 is 15.6 Å². The number of likely N-dealkylation sites (N-methyl/N-ethyl adjacent to an activating group) is 1. The standard InChI is InChI=1S/C19H26F3N3O3/c1-25-16(27)18(24-17(25)23,10-12-6-3-2-4-7-12)11-28-14-9-5-8-13(15(14)26)19(20,21)22/h5,9,12-13,26H,2-4,6-8,10-11H2,1H3,(H2,23,24). The van der Waals surface area contributed by atoms with E-state index < -0.39 is 23.4 Å². The largest absolute Gasteiger partial charge is 0.508 e. The van der Waals surface area contributed by atoms with Crippen LogP contribution in [0.1, 0.15) is 44.9 Å². The maximum atomic E-state index is 13.1. The zero-order chi connectivity index (χ0) is 20.5. The van der Waals surface area contributed by atoms with Crippen LogP contribution in [-0.2, 0) is 9.53 Å². The highest BCUT2D eigenvalue weighted by Gasteiger charge is 2.49. The van der Waals surface area contributed by atoms with E-state index in [1.807, 2.05) is 0 Å². The minimum Gasteiger partial charge on any atom is -0.508 e. The molecule has 0 aromatic heterocycles. The lowest BCUT2D eigenvalue weighted by Gasteiger charge is -2.32. The highest BCUT2D eigenvalue weighted by atomic mass is 19.4. The van der Waals surface area contributed by atoms with E-state index in [0.29, 0.717) is 6.42 Å². The summed E-state index contributed by atoms with van der Waals surface area (Å²) in [5.41, 5.74) is 4.57. The van der Waals surface area contributed by atoms with E-state index in [2.05, 4.69) is 4.99 Å². The van der Waals surface area contributed by atoms with Gasteiger partial charge in [0.15, 0.2) is 17.3 Å². The van der Waals surface area contributed by atoms with Crippen molar-refractivity contribution in [3.8, 4) is 0 Å². The van der Waals surface area contributed by atoms with Gasteiger partial charge in [-0.05, 0) is 24.8 Å². The van der Waals surface area contributed by atoms with Crippen molar-refractivity contribution in [3.63, 3.8) is 0 Å². The molecule has 1 fully saturated rings. The van der Waals surface area contributed by atoms with Crippen LogP contribution in [0.25, 0.3) is 0 Å². The van der Waals surface area contributed by atoms with E-state index in [9.17, 15) is 23.1 Å². The number of allylic oxidation sites excluding steroid dienone is 3. The summed E-state index contributed by atoms with van der Waals surface area (Å²) in [5, 5.41) is 10.0. The van der Waals surface area contributed by atoms with Crippen LogP contribution in [0.15, 0.2) is 28.7 Å². The molecule has 1 heterocycles. The first kappa shape index (κ1) is 20.5. The SMILES string of the molecule is CN1C(=O)C(COC2=C(O)C(C(F)(F)F)CC=C2)(CC2CCCCC2)N=C1N. The predicted octanol–water partition coefficient (Wildman–Crippen LogP) is 3.41. The van der Waals surface area contributed by atoms with Gasteiger partial charge >= 0.3 is 6.18 Å². The Balaban J connectivity index is 1.81. The molecule has 9 heteroatoms. The fourth-order valence-electron chi connectivity index (χ4n) is 4.20. The summed E-state index contributed by atoms with van der Waals surface area (Å²) in [6.07, 6.45) is 3.37. The topological polar surface area (TPSA) is 88.2 Å². The third-order valence-electron chi connectivity index (χ3n) is 5.81. The summed E-state index contributed by atoms with van der Waals surface area (Å²) in [7, 11) is 1.51. The molecule has 28 heavy (non-hydrogen) atoms. The number of aliphatic hydroxyl groups excluding tert-OH is 1. The molecule has 0 saturated heterocycles. The molecule has 2 unspecified atom stereocenters. The van der Waals surface area contributed by atoms with Gasteiger partial charge in [-0.1, -0.05) is 38.2 Å². The number of aliphatic hydroxyl groups is 1. The molecular formula is C19H26F3N3O3. The molecule has 3 aliphatic rings. The van der Waals surface area contributed by atoms with E-state index in [0.717, 1.165) is 32.1 Å². The fraction of sp³-hybridized carbons (Fsp3) is 0.684. The molecule has 3 N–H and O–H groups in total. The van der Waals surface area contributed by atoms with Crippen LogP contribution in [-0.4, -0.2) is 47.2 Å². The predicted molar refractivity (Wildman–Crippen MR) is 97.2 cm³/mol. The number of aliphatic imine (C=N–C) groups is 1. The van der Waals surface area contributed by atoms with Gasteiger partial charge in [-0.3, -0.25) is 9.69 Å². The molecule has 0 aromatic rings. The molecule has 2 atom stereocenters. The average molecular weight is 401 g/mol. The van der Waals surface area contributed by atoms with Crippen LogP contribution in [0, 0.1) is 11.8 Å². The summed E-state index contributed by atoms with van der Waals surface area (Å²) >= 11 is 0. The average Bonchev–Trinajstić information content (AvgIpc) is 2.85. The molecule has 0 spiro atoms. The molecule has 6 nitrogen and oxygen atoms in total. The lowest BCUT2D eigenvalue weighted by molar-refractivity contribution is -0.172. The first-order valence-electron chi connectivity index (χ1n) is 9.57. The van der Waals surface area contributed by atoms with E-state index >= 15 is 0 Å². The van der Waals surface area contributed by atoms with Gasteiger partial charge in [0, 0.05) is 7.05 Å². The lowest BCUT2D eigenvalue weighted by Crippen LogP contribution is -2.46. The Bertz CT molecular complexity index is 711. The monoisotopic (exact) mass is 401 g/mol. The summed E-state index contributed by atoms with van der Waals surface area (Å²) < 4.78 is 44.8. The molecule has 1 saturated carbocycles. The second-order valence-electron chi connectivity index (χ2n) is 7.84. The van der Waals surface area contributed by atoms with Crippen molar-refractivity contribution < 1.29 is 27.8 Å². The summed E-state index contributed by atoms with van der Waals surface area (Å²) in [6, 6.07) is 0. The first-order valence-corrected chi connectivity index (χ1v) is 9.57. The fourth-order valence-corrected chi connectivity index (χ4v) is 4.20. The second-order valence-corrected chi connectivity index (χ2v) is 7.84. The molecule has 1 amide bonds. The molecule has 0 aromatic carbocycles. The van der Waals surface area contributed by atoms with Crippen molar-refractivity contribution in [1.29, 1.82) is 0 Å². The Labute approximate surface area is 161 Å². The molecular weight excluding hydrogens is 375 g/mol. The number of amides is 1. The number of guanidine groups is 1. The van der Waals surface area contributed by atoms with Crippen LogP contribution in [0.5, 0.6) is 0 Å². The number of carbonyl (C=O) groups excluding carboxylic acids is 1. The van der Waals surface area contributed by atoms with Crippen LogP contribution in [0.3, 0.4) is 0 Å². The summed E-state index contributed by atoms with van der Waals surface area (Å²) in [5.74, 6) is -3.13. The number of halogens is 3. The molecule has 2 aliphatic carbocycles. The molecule has 0 radical (unpaired) electrons. The number of rotatable bonds is 5. The van der Waals surface area contributed by atoms with Crippen LogP contribution < -0.4 is 5.73 Å². The van der Waals surface area contributed by atoms with Crippen molar-refractivity contribution >= 4 is 11.9 Å². The smallest absolute Gasteiger partial charge is 0.399 e. The van der Waals surface area contributed by atoms with Gasteiger partial charge in [0.1, 0.15) is 18.3 Å². The Morgan fingerprint density at radius 3 is 2.61 bits per heavy atom. The van der Waals surface area contributed by atoms with E-state index in [4.69, 9.17) is 10.5 Å². The number of hydrogen-bond donors (Lipinski definition) is 2. The van der Waals surface area contributed by atoms with Crippen molar-refractivity contribution in [1.82, 2.24) is 4.90 Å². The van der Waals surface area contributed by atoms with Crippen LogP contribution in [0.4, 0.5) is 13.2 Å². The first-order chi connectivity index (χ1) is 13.1. The van der Waals surface area contributed by atoms with E-state index in [1.165, 1.54) is 24.1 Å². The third-order valence-corrected chi connectivity index (χ3v) is 5.81. The van der Waals surface area contributed by atoms with Gasteiger partial charge in [0.05, 0.1) is 0 Å². The van der Waals surface area contributed by atoms with Gasteiger partial charge in [0.25, 0.3) is 5.91 Å². The third kappa shape index (κ3) is 3.98. The van der Waals surface area contributed by atoms with Crippen LogP contribution >= 0.6 is 0 Å². The number of hydrogen-bond acceptors (Lipinski definition) is 5. The maximum Gasteiger partial charge on any atom is 0.399 e. The number of carbonyl (C=O) groups is 1. The Kier molecular flexibility index (Phi) is 5.63. The number of nitrogens with two attached hydrogens (primary N) is 1. The normalized spacial score (nSPS) is 29.4. The molecule has 3 rings (SSSR count). The quantitative estimate of drug-likeness (QED) is 0.739. The number of nitrogens with zero attached hydrogens (tertiary/aromatic N) is 2. The summed E-state index contributed by atoms with van der Waals surface area (Å²) in [4.78, 5) is 18.5.